The Morgan fingerprint density at radius 1 is 1.32 bits per heavy atom. The van der Waals surface area contributed by atoms with Crippen LogP contribution in [0, 0.1) is 0 Å². The Morgan fingerprint density at radius 2 is 1.95 bits per heavy atom. The van der Waals surface area contributed by atoms with Gasteiger partial charge in [-0.15, -0.1) is 0 Å². The van der Waals surface area contributed by atoms with Crippen LogP contribution in [-0.4, -0.2) is 17.8 Å². The summed E-state index contributed by atoms with van der Waals surface area (Å²) in [6.45, 7) is 7.34. The molecule has 4 nitrogen and oxygen atoms in total. The summed E-state index contributed by atoms with van der Waals surface area (Å²) in [6, 6.07) is 7.62. The SMILES string of the molecule is C=CC=C(N=C)OCc1ccc(CCC(=O)O)cc1. The van der Waals surface area contributed by atoms with Crippen LogP contribution in [0.2, 0.25) is 0 Å². The lowest BCUT2D eigenvalue weighted by Crippen LogP contribution is -1.98. The van der Waals surface area contributed by atoms with Crippen LogP contribution in [0.4, 0.5) is 0 Å². The Labute approximate surface area is 112 Å². The highest BCUT2D eigenvalue weighted by molar-refractivity contribution is 5.67. The van der Waals surface area contributed by atoms with Crippen LogP contribution in [0.25, 0.3) is 0 Å². The number of allylic oxidation sites excluding steroid dienone is 2. The normalized spacial score (nSPS) is 10.8. The van der Waals surface area contributed by atoms with Crippen LogP contribution in [0.3, 0.4) is 0 Å². The standard InChI is InChI=1S/C15H17NO3/c1-3-4-14(16-2)19-11-13-7-5-12(6-8-13)9-10-15(17)18/h3-8H,1-2,9-11H2,(H,17,18). The molecule has 0 aliphatic heterocycles. The zero-order chi connectivity index (χ0) is 14.1. The molecule has 0 heterocycles. The minimum absolute atomic E-state index is 0.141. The van der Waals surface area contributed by atoms with E-state index in [1.54, 1.807) is 12.2 Å². The Bertz CT molecular complexity index is 475. The van der Waals surface area contributed by atoms with E-state index in [4.69, 9.17) is 9.84 Å². The van der Waals surface area contributed by atoms with Gasteiger partial charge >= 0.3 is 5.97 Å². The topological polar surface area (TPSA) is 58.9 Å². The largest absolute Gasteiger partial charge is 0.481 e. The molecule has 1 aromatic rings. The summed E-state index contributed by atoms with van der Waals surface area (Å²) >= 11 is 0. The molecule has 1 aromatic carbocycles. The maximum Gasteiger partial charge on any atom is 0.303 e. The van der Waals surface area contributed by atoms with E-state index >= 15 is 0 Å². The number of rotatable bonds is 8. The summed E-state index contributed by atoms with van der Waals surface area (Å²) in [7, 11) is 0. The summed E-state index contributed by atoms with van der Waals surface area (Å²) in [4.78, 5) is 14.2. The third kappa shape index (κ3) is 5.68. The lowest BCUT2D eigenvalue weighted by Gasteiger charge is -2.06. The van der Waals surface area contributed by atoms with E-state index in [9.17, 15) is 4.79 Å². The van der Waals surface area contributed by atoms with Crippen molar-refractivity contribution in [2.24, 2.45) is 4.99 Å². The van der Waals surface area contributed by atoms with Crippen LogP contribution in [0.5, 0.6) is 0 Å². The molecule has 19 heavy (non-hydrogen) atoms. The number of carboxylic acid groups (broad SMARTS) is 1. The fourth-order valence-electron chi connectivity index (χ4n) is 1.46. The molecule has 1 N–H and O–H groups in total. The molecule has 0 bridgehead atoms. The molecule has 0 atom stereocenters. The second kappa shape index (κ2) is 7.87. The number of nitrogens with zero attached hydrogens (tertiary/aromatic N) is 1. The Morgan fingerprint density at radius 3 is 2.47 bits per heavy atom. The van der Waals surface area contributed by atoms with E-state index in [1.807, 2.05) is 24.3 Å². The summed E-state index contributed by atoms with van der Waals surface area (Å²) in [5.74, 6) is -0.367. The molecular weight excluding hydrogens is 242 g/mol. The van der Waals surface area contributed by atoms with Gasteiger partial charge in [0, 0.05) is 6.42 Å². The molecule has 0 unspecified atom stereocenters. The molecule has 0 aliphatic rings. The molecule has 4 heteroatoms. The van der Waals surface area contributed by atoms with Gasteiger partial charge in [-0.2, -0.15) is 0 Å². The molecule has 0 aliphatic carbocycles. The van der Waals surface area contributed by atoms with Crippen molar-refractivity contribution in [2.75, 3.05) is 0 Å². The molecule has 1 rings (SSSR count). The van der Waals surface area contributed by atoms with Crippen molar-refractivity contribution in [1.82, 2.24) is 0 Å². The average Bonchev–Trinajstić information content (AvgIpc) is 2.42. The van der Waals surface area contributed by atoms with Crippen LogP contribution in [0.1, 0.15) is 17.5 Å². The number of hydrogen-bond acceptors (Lipinski definition) is 3. The first-order chi connectivity index (χ1) is 9.15. The van der Waals surface area contributed by atoms with Crippen molar-refractivity contribution >= 4 is 12.7 Å². The van der Waals surface area contributed by atoms with Crippen molar-refractivity contribution in [3.63, 3.8) is 0 Å². The second-order valence-electron chi connectivity index (χ2n) is 3.90. The number of benzene rings is 1. The fourth-order valence-corrected chi connectivity index (χ4v) is 1.46. The molecule has 0 saturated heterocycles. The van der Waals surface area contributed by atoms with Crippen LogP contribution >= 0.6 is 0 Å². The Hall–Kier alpha value is -2.36. The van der Waals surface area contributed by atoms with Gasteiger partial charge in [0.05, 0.1) is 0 Å². The first-order valence-electron chi connectivity index (χ1n) is 5.87. The molecular formula is C15H17NO3. The predicted octanol–water partition coefficient (Wildman–Crippen LogP) is 2.95. The maximum absolute atomic E-state index is 10.5. The number of ether oxygens (including phenoxy) is 1. The highest BCUT2D eigenvalue weighted by atomic mass is 16.5. The maximum atomic E-state index is 10.5. The van der Waals surface area contributed by atoms with Gasteiger partial charge in [-0.1, -0.05) is 36.9 Å². The molecule has 0 spiro atoms. The van der Waals surface area contributed by atoms with Crippen molar-refractivity contribution in [3.05, 3.63) is 60.0 Å². The van der Waals surface area contributed by atoms with Crippen molar-refractivity contribution in [3.8, 4) is 0 Å². The monoisotopic (exact) mass is 259 g/mol. The van der Waals surface area contributed by atoms with E-state index in [1.165, 1.54) is 0 Å². The molecule has 0 amide bonds. The summed E-state index contributed by atoms with van der Waals surface area (Å²) in [5, 5.41) is 8.60. The molecule has 100 valence electrons. The quantitative estimate of drug-likeness (QED) is 0.443. The number of aryl methyl sites for hydroxylation is 1. The van der Waals surface area contributed by atoms with Gasteiger partial charge in [0.15, 0.2) is 0 Å². The van der Waals surface area contributed by atoms with E-state index in [-0.39, 0.29) is 6.42 Å². The lowest BCUT2D eigenvalue weighted by molar-refractivity contribution is -0.136. The average molecular weight is 259 g/mol. The van der Waals surface area contributed by atoms with Gasteiger partial charge < -0.3 is 9.84 Å². The summed E-state index contributed by atoms with van der Waals surface area (Å²) in [6.07, 6.45) is 3.89. The van der Waals surface area contributed by atoms with Gasteiger partial charge in [0.2, 0.25) is 5.88 Å². The predicted molar refractivity (Wildman–Crippen MR) is 75.0 cm³/mol. The number of aliphatic carboxylic acids is 1. The van der Waals surface area contributed by atoms with Crippen LogP contribution in [0.15, 0.2) is 53.9 Å². The third-order valence-corrected chi connectivity index (χ3v) is 2.45. The Balaban J connectivity index is 2.52. The van der Waals surface area contributed by atoms with Gasteiger partial charge in [0.1, 0.15) is 6.61 Å². The van der Waals surface area contributed by atoms with E-state index in [2.05, 4.69) is 18.3 Å². The number of carboxylic acids is 1. The highest BCUT2D eigenvalue weighted by Crippen LogP contribution is 2.10. The van der Waals surface area contributed by atoms with Crippen molar-refractivity contribution in [2.45, 2.75) is 19.4 Å². The van der Waals surface area contributed by atoms with Crippen LogP contribution < -0.4 is 0 Å². The third-order valence-electron chi connectivity index (χ3n) is 2.45. The molecule has 0 aromatic heterocycles. The Kier molecular flexibility index (Phi) is 6.09. The van der Waals surface area contributed by atoms with Gasteiger partial charge in [-0.05, 0) is 30.3 Å². The minimum Gasteiger partial charge on any atom is -0.481 e. The number of carbonyl (C=O) groups is 1. The first-order valence-corrected chi connectivity index (χ1v) is 5.87. The fraction of sp³-hybridized carbons (Fsp3) is 0.200. The number of hydrogen-bond donors (Lipinski definition) is 1. The van der Waals surface area contributed by atoms with Crippen molar-refractivity contribution < 1.29 is 14.6 Å². The second-order valence-corrected chi connectivity index (χ2v) is 3.90. The summed E-state index contributed by atoms with van der Waals surface area (Å²) < 4.78 is 5.42. The minimum atomic E-state index is -0.788. The number of aliphatic imine (C=N–C) groups is 1. The van der Waals surface area contributed by atoms with Crippen LogP contribution in [-0.2, 0) is 22.6 Å². The smallest absolute Gasteiger partial charge is 0.303 e. The molecule has 0 saturated carbocycles. The molecule has 0 fully saturated rings. The van der Waals surface area contributed by atoms with E-state index in [0.29, 0.717) is 18.9 Å². The summed E-state index contributed by atoms with van der Waals surface area (Å²) in [5.41, 5.74) is 1.98. The van der Waals surface area contributed by atoms with Gasteiger partial charge in [-0.3, -0.25) is 4.79 Å². The van der Waals surface area contributed by atoms with Crippen molar-refractivity contribution in [1.29, 1.82) is 0 Å². The highest BCUT2D eigenvalue weighted by Gasteiger charge is 2.00. The van der Waals surface area contributed by atoms with E-state index in [0.717, 1.165) is 11.1 Å². The van der Waals surface area contributed by atoms with Gasteiger partial charge in [-0.25, -0.2) is 4.99 Å². The van der Waals surface area contributed by atoms with Gasteiger partial charge in [0.25, 0.3) is 0 Å². The first kappa shape index (κ1) is 14.7. The van der Waals surface area contributed by atoms with E-state index < -0.39 is 5.97 Å². The zero-order valence-electron chi connectivity index (χ0n) is 10.7. The molecule has 0 radical (unpaired) electrons. The lowest BCUT2D eigenvalue weighted by atomic mass is 10.1. The zero-order valence-corrected chi connectivity index (χ0v) is 10.7.